The summed E-state index contributed by atoms with van der Waals surface area (Å²) in [4.78, 5) is 37.3. The zero-order chi connectivity index (χ0) is 33.9. The van der Waals surface area contributed by atoms with Gasteiger partial charge in [-0.15, -0.1) is 0 Å². The van der Waals surface area contributed by atoms with Crippen LogP contribution in [0, 0.1) is 0 Å². The third kappa shape index (κ3) is 6.94. The summed E-state index contributed by atoms with van der Waals surface area (Å²) < 4.78 is 25.8. The summed E-state index contributed by atoms with van der Waals surface area (Å²) in [5.41, 5.74) is 9.47. The lowest BCUT2D eigenvalue weighted by Gasteiger charge is -2.37. The quantitative estimate of drug-likeness (QED) is 0.209. The van der Waals surface area contributed by atoms with Crippen molar-refractivity contribution in [2.45, 2.75) is 76.0 Å². The van der Waals surface area contributed by atoms with Crippen molar-refractivity contribution < 1.29 is 23.7 Å². The van der Waals surface area contributed by atoms with E-state index < -0.39 is 0 Å². The maximum atomic E-state index is 13.5. The predicted molar refractivity (Wildman–Crippen MR) is 183 cm³/mol. The van der Waals surface area contributed by atoms with Gasteiger partial charge in [0.1, 0.15) is 28.5 Å². The van der Waals surface area contributed by atoms with Crippen LogP contribution in [0.2, 0.25) is 5.15 Å². The van der Waals surface area contributed by atoms with E-state index in [1.807, 2.05) is 36.3 Å². The van der Waals surface area contributed by atoms with Gasteiger partial charge in [0.25, 0.3) is 5.56 Å². The van der Waals surface area contributed by atoms with Crippen molar-refractivity contribution in [2.75, 3.05) is 39.0 Å². The van der Waals surface area contributed by atoms with Gasteiger partial charge in [-0.2, -0.15) is 0 Å². The van der Waals surface area contributed by atoms with Gasteiger partial charge in [0.15, 0.2) is 5.65 Å². The van der Waals surface area contributed by atoms with Crippen molar-refractivity contribution in [3.05, 3.63) is 69.5 Å². The molecule has 2 saturated carbocycles. The van der Waals surface area contributed by atoms with Gasteiger partial charge in [0, 0.05) is 50.6 Å². The monoisotopic (exact) mass is 679 g/mol. The lowest BCUT2D eigenvalue weighted by Crippen LogP contribution is -2.52. The number of nitrogens with two attached hydrogens (primary N) is 1. The molecule has 0 saturated heterocycles. The predicted octanol–water partition coefficient (Wildman–Crippen LogP) is 4.92. The largest absolute Gasteiger partial charge is 0.497 e. The van der Waals surface area contributed by atoms with E-state index >= 15 is 0 Å². The topological polar surface area (TPSA) is 148 Å². The Balaban J connectivity index is 1.12. The lowest BCUT2D eigenvalue weighted by atomic mass is 9.89. The first-order valence-electron chi connectivity index (χ1n) is 16.1. The number of pyridine rings is 2. The van der Waals surface area contributed by atoms with E-state index in [1.165, 1.54) is 10.9 Å². The number of ether oxygens (including phenoxy) is 4. The third-order valence-corrected chi connectivity index (χ3v) is 9.62. The number of nitrogens with zero attached hydrogens (tertiary/aromatic N) is 5. The molecular formula is C34H42ClN7O6. The number of carbonyl (C=O) groups is 1. The number of benzene rings is 1. The molecule has 0 unspecified atom stereocenters. The lowest BCUT2D eigenvalue weighted by molar-refractivity contribution is -0.0325. The molecule has 0 aliphatic heterocycles. The molecule has 13 nitrogen and oxygen atoms in total. The number of halogens is 1. The Morgan fingerprint density at radius 3 is 2.69 bits per heavy atom. The van der Waals surface area contributed by atoms with Gasteiger partial charge in [0.05, 0.1) is 50.5 Å². The summed E-state index contributed by atoms with van der Waals surface area (Å²) in [5.74, 6) is 1.39. The number of nitrogen functional groups attached to an aromatic ring is 1. The van der Waals surface area contributed by atoms with Gasteiger partial charge in [-0.25, -0.2) is 19.3 Å². The normalized spacial score (nSPS) is 20.7. The molecule has 1 aromatic carbocycles. The van der Waals surface area contributed by atoms with E-state index in [9.17, 15) is 9.59 Å². The zero-order valence-electron chi connectivity index (χ0n) is 27.6. The van der Waals surface area contributed by atoms with E-state index in [1.54, 1.807) is 38.0 Å². The average Bonchev–Trinajstić information content (AvgIpc) is 3.51. The minimum absolute atomic E-state index is 0.0342. The summed E-state index contributed by atoms with van der Waals surface area (Å²) in [6.45, 7) is 0.752. The second-order valence-electron chi connectivity index (χ2n) is 12.5. The van der Waals surface area contributed by atoms with Crippen molar-refractivity contribution in [3.63, 3.8) is 0 Å². The number of aromatic nitrogens is 4. The van der Waals surface area contributed by atoms with Crippen LogP contribution < -0.4 is 31.0 Å². The molecule has 2 fully saturated rings. The Bertz CT molecular complexity index is 1840. The van der Waals surface area contributed by atoms with Crippen molar-refractivity contribution in [1.29, 1.82) is 0 Å². The van der Waals surface area contributed by atoms with Crippen LogP contribution in [0.3, 0.4) is 0 Å². The van der Waals surface area contributed by atoms with E-state index in [-0.39, 0.29) is 53.3 Å². The van der Waals surface area contributed by atoms with Crippen molar-refractivity contribution in [2.24, 2.45) is 0 Å². The van der Waals surface area contributed by atoms with Crippen LogP contribution in [0.1, 0.15) is 55.7 Å². The second-order valence-corrected chi connectivity index (χ2v) is 12.8. The molecule has 4 aromatic rings. The summed E-state index contributed by atoms with van der Waals surface area (Å²) >= 11 is 6.46. The molecular weight excluding hydrogens is 638 g/mol. The Hall–Kier alpha value is -4.33. The van der Waals surface area contributed by atoms with Crippen LogP contribution in [-0.2, 0) is 22.6 Å². The van der Waals surface area contributed by atoms with Crippen LogP contribution >= 0.6 is 11.6 Å². The maximum Gasteiger partial charge on any atom is 0.328 e. The van der Waals surface area contributed by atoms with Crippen molar-refractivity contribution >= 4 is 40.2 Å². The summed E-state index contributed by atoms with van der Waals surface area (Å²) in [6.07, 6.45) is 8.44. The molecule has 2 aliphatic carbocycles. The van der Waals surface area contributed by atoms with Crippen LogP contribution in [0.15, 0.2) is 47.7 Å². The molecule has 0 bridgehead atoms. The highest BCUT2D eigenvalue weighted by Crippen LogP contribution is 2.33. The molecule has 2 aliphatic rings. The molecule has 0 radical (unpaired) electrons. The zero-order valence-corrected chi connectivity index (χ0v) is 28.4. The Morgan fingerprint density at radius 2 is 1.96 bits per heavy atom. The molecule has 6 rings (SSSR count). The second kappa shape index (κ2) is 14.4. The minimum Gasteiger partial charge on any atom is -0.497 e. The first kappa shape index (κ1) is 33.6. The van der Waals surface area contributed by atoms with E-state index in [0.717, 1.165) is 49.7 Å². The molecule has 0 spiro atoms. The molecule has 3 aromatic heterocycles. The van der Waals surface area contributed by atoms with E-state index in [2.05, 4.69) is 15.3 Å². The van der Waals surface area contributed by atoms with Crippen LogP contribution in [0.25, 0.3) is 11.2 Å². The van der Waals surface area contributed by atoms with Gasteiger partial charge in [0.2, 0.25) is 0 Å². The highest BCUT2D eigenvalue weighted by Gasteiger charge is 2.34. The number of nitrogens with one attached hydrogen (secondary N) is 1. The number of hydrogen-bond acceptors (Lipinski definition) is 10. The number of fused-ring (bicyclic) bond motifs is 1. The molecule has 256 valence electrons. The van der Waals surface area contributed by atoms with Crippen molar-refractivity contribution in [1.82, 2.24) is 24.4 Å². The number of imidazole rings is 1. The highest BCUT2D eigenvalue weighted by atomic mass is 35.5. The fraction of sp³-hybridized carbons (Fsp3) is 0.471. The standard InChI is InChI=1S/C34H42ClN7O6/c1-40(17-21-8-9-24(46-3)14-29(21)47-4)27-15-30(35)39-32-31(27)37-19-42(32)34(44)38-26-10-11-28(26)48-18-20-12-25(36)33(43)41(16-20)22-6-5-7-23(13-22)45-2/h8-9,12,14-16,19,22-23,26,28H,5-7,10-11,13,17-18,36H2,1-4H3,(H,38,44)/t22-,23-,26-,28-/m1/s1. The van der Waals surface area contributed by atoms with Crippen molar-refractivity contribution in [3.8, 4) is 11.5 Å². The number of rotatable bonds is 11. The number of carbonyl (C=O) groups excluding carboxylic acids is 1. The molecule has 4 atom stereocenters. The number of anilines is 2. The summed E-state index contributed by atoms with van der Waals surface area (Å²) in [6, 6.07) is 8.50. The smallest absolute Gasteiger partial charge is 0.328 e. The Labute approximate surface area is 283 Å². The van der Waals surface area contributed by atoms with Gasteiger partial charge in [-0.3, -0.25) is 4.79 Å². The van der Waals surface area contributed by atoms with Gasteiger partial charge >= 0.3 is 6.03 Å². The van der Waals surface area contributed by atoms with E-state index in [0.29, 0.717) is 34.9 Å². The van der Waals surface area contributed by atoms with E-state index in [4.69, 9.17) is 36.3 Å². The average molecular weight is 680 g/mol. The minimum atomic E-state index is -0.376. The third-order valence-electron chi connectivity index (χ3n) is 9.42. The number of hydrogen-bond donors (Lipinski definition) is 2. The van der Waals surface area contributed by atoms with Crippen LogP contribution in [-0.4, -0.2) is 71.8 Å². The summed E-state index contributed by atoms with van der Waals surface area (Å²) in [7, 11) is 6.85. The SMILES string of the molecule is COc1ccc(CN(C)c2cc(Cl)nc3c2ncn3C(=O)N[C@@H]2CC[C@H]2OCc2cc(N)c(=O)n([C@@H]3CCC[C@@H](OC)C3)c2)c(OC)c1. The molecule has 14 heteroatoms. The Kier molecular flexibility index (Phi) is 10.1. The Morgan fingerprint density at radius 1 is 1.12 bits per heavy atom. The molecule has 3 N–H and O–H groups in total. The van der Waals surface area contributed by atoms with Gasteiger partial charge in [-0.1, -0.05) is 11.6 Å². The van der Waals surface area contributed by atoms with Crippen LogP contribution in [0.4, 0.5) is 16.2 Å². The molecule has 1 amide bonds. The first-order valence-corrected chi connectivity index (χ1v) is 16.5. The molecule has 48 heavy (non-hydrogen) atoms. The summed E-state index contributed by atoms with van der Waals surface area (Å²) in [5, 5.41) is 3.30. The number of amides is 1. The maximum absolute atomic E-state index is 13.5. The molecule has 3 heterocycles. The van der Waals surface area contributed by atoms with Gasteiger partial charge < -0.3 is 39.5 Å². The highest BCUT2D eigenvalue weighted by molar-refractivity contribution is 6.30. The van der Waals surface area contributed by atoms with Crippen LogP contribution in [0.5, 0.6) is 11.5 Å². The fourth-order valence-corrected chi connectivity index (χ4v) is 6.78. The number of methoxy groups -OCH3 is 3. The fourth-order valence-electron chi connectivity index (χ4n) is 6.59. The van der Waals surface area contributed by atoms with Gasteiger partial charge in [-0.05, 0) is 62.3 Å². The first-order chi connectivity index (χ1) is 23.2.